The summed E-state index contributed by atoms with van der Waals surface area (Å²) in [7, 11) is -3.06. The summed E-state index contributed by atoms with van der Waals surface area (Å²) in [5, 5.41) is 0. The van der Waals surface area contributed by atoms with E-state index in [1.54, 1.807) is 0 Å². The van der Waals surface area contributed by atoms with Gasteiger partial charge in [0.1, 0.15) is 0 Å². The van der Waals surface area contributed by atoms with Gasteiger partial charge < -0.3 is 4.74 Å². The van der Waals surface area contributed by atoms with Gasteiger partial charge in [-0.25, -0.2) is 13.1 Å². The molecule has 1 N–H and O–H groups in total. The molecule has 0 radical (unpaired) electrons. The summed E-state index contributed by atoms with van der Waals surface area (Å²) < 4.78 is 31.0. The molecule has 1 rings (SSSR count). The lowest BCUT2D eigenvalue weighted by atomic mass is 10.0. The van der Waals surface area contributed by atoms with Gasteiger partial charge in [-0.2, -0.15) is 0 Å². The van der Waals surface area contributed by atoms with E-state index in [1.807, 2.05) is 6.92 Å². The fraction of sp³-hybridized carbons (Fsp3) is 1.00. The Morgan fingerprint density at radius 1 is 1.40 bits per heavy atom. The van der Waals surface area contributed by atoms with Crippen molar-refractivity contribution in [2.45, 2.75) is 39.2 Å². The predicted molar refractivity (Wildman–Crippen MR) is 60.2 cm³/mol. The summed E-state index contributed by atoms with van der Waals surface area (Å²) in [4.78, 5) is 0. The molecule has 0 spiro atoms. The SMILES string of the molecule is CCCS(=O)(=O)NCC1CCOC1CC. The highest BCUT2D eigenvalue weighted by Gasteiger charge is 2.27. The molecule has 1 fully saturated rings. The highest BCUT2D eigenvalue weighted by atomic mass is 32.2. The Hall–Kier alpha value is -0.130. The molecule has 0 bridgehead atoms. The maximum atomic E-state index is 11.4. The van der Waals surface area contributed by atoms with Gasteiger partial charge in [0.2, 0.25) is 10.0 Å². The zero-order valence-corrected chi connectivity index (χ0v) is 10.3. The Morgan fingerprint density at radius 3 is 2.73 bits per heavy atom. The van der Waals surface area contributed by atoms with Gasteiger partial charge in [-0.05, 0) is 19.3 Å². The van der Waals surface area contributed by atoms with Crippen molar-refractivity contribution >= 4 is 10.0 Å². The zero-order valence-electron chi connectivity index (χ0n) is 9.53. The standard InChI is InChI=1S/C10H21NO3S/c1-3-7-15(12,13)11-8-9-5-6-14-10(9)4-2/h9-11H,3-8H2,1-2H3. The van der Waals surface area contributed by atoms with E-state index in [0.717, 1.165) is 19.4 Å². The summed E-state index contributed by atoms with van der Waals surface area (Å²) in [5.74, 6) is 0.568. The Kier molecular flexibility index (Phi) is 5.02. The molecular formula is C10H21NO3S. The van der Waals surface area contributed by atoms with Crippen molar-refractivity contribution in [1.29, 1.82) is 0 Å². The van der Waals surface area contributed by atoms with E-state index in [1.165, 1.54) is 0 Å². The third kappa shape index (κ3) is 4.09. The quantitative estimate of drug-likeness (QED) is 0.751. The van der Waals surface area contributed by atoms with Crippen LogP contribution < -0.4 is 4.72 Å². The molecule has 0 aromatic heterocycles. The molecular weight excluding hydrogens is 214 g/mol. The fourth-order valence-corrected chi connectivity index (χ4v) is 3.10. The lowest BCUT2D eigenvalue weighted by Gasteiger charge is -2.17. The van der Waals surface area contributed by atoms with Crippen molar-refractivity contribution in [3.05, 3.63) is 0 Å². The smallest absolute Gasteiger partial charge is 0.211 e. The van der Waals surface area contributed by atoms with E-state index in [-0.39, 0.29) is 11.9 Å². The Labute approximate surface area is 92.4 Å². The lowest BCUT2D eigenvalue weighted by Crippen LogP contribution is -2.34. The normalized spacial score (nSPS) is 27.1. The maximum Gasteiger partial charge on any atom is 0.211 e. The van der Waals surface area contributed by atoms with Crippen LogP contribution in [0.25, 0.3) is 0 Å². The molecule has 1 aliphatic heterocycles. The van der Waals surface area contributed by atoms with Crippen LogP contribution in [0.4, 0.5) is 0 Å². The molecule has 2 atom stereocenters. The van der Waals surface area contributed by atoms with Gasteiger partial charge in [0, 0.05) is 19.1 Å². The topological polar surface area (TPSA) is 55.4 Å². The van der Waals surface area contributed by atoms with Crippen molar-refractivity contribution in [3.63, 3.8) is 0 Å². The number of hydrogen-bond acceptors (Lipinski definition) is 3. The van der Waals surface area contributed by atoms with E-state index in [4.69, 9.17) is 4.74 Å². The molecule has 4 nitrogen and oxygen atoms in total. The first kappa shape index (κ1) is 12.9. The monoisotopic (exact) mass is 235 g/mol. The highest BCUT2D eigenvalue weighted by molar-refractivity contribution is 7.89. The number of rotatable bonds is 6. The summed E-state index contributed by atoms with van der Waals surface area (Å²) in [6.07, 6.45) is 2.82. The first-order valence-electron chi connectivity index (χ1n) is 5.68. The Morgan fingerprint density at radius 2 is 2.13 bits per heavy atom. The van der Waals surface area contributed by atoms with Crippen LogP contribution in [-0.4, -0.2) is 33.4 Å². The van der Waals surface area contributed by atoms with Gasteiger partial charge in [-0.3, -0.25) is 0 Å². The van der Waals surface area contributed by atoms with Gasteiger partial charge >= 0.3 is 0 Å². The molecule has 0 aromatic carbocycles. The van der Waals surface area contributed by atoms with Gasteiger partial charge in [0.05, 0.1) is 11.9 Å². The third-order valence-corrected chi connectivity index (χ3v) is 4.34. The number of nitrogens with one attached hydrogen (secondary N) is 1. The molecule has 0 saturated carbocycles. The van der Waals surface area contributed by atoms with E-state index in [9.17, 15) is 8.42 Å². The molecule has 90 valence electrons. The summed E-state index contributed by atoms with van der Waals surface area (Å²) in [6.45, 7) is 5.23. The second-order valence-electron chi connectivity index (χ2n) is 4.03. The molecule has 2 unspecified atom stereocenters. The molecule has 0 aliphatic carbocycles. The largest absolute Gasteiger partial charge is 0.378 e. The molecule has 15 heavy (non-hydrogen) atoms. The summed E-state index contributed by atoms with van der Waals surface area (Å²) >= 11 is 0. The Bertz CT molecular complexity index is 276. The summed E-state index contributed by atoms with van der Waals surface area (Å²) in [6, 6.07) is 0. The average Bonchev–Trinajstić information content (AvgIpc) is 2.62. The van der Waals surface area contributed by atoms with Crippen LogP contribution in [0.15, 0.2) is 0 Å². The molecule has 0 amide bonds. The molecule has 0 aromatic rings. The van der Waals surface area contributed by atoms with Crippen LogP contribution in [0.2, 0.25) is 0 Å². The second-order valence-corrected chi connectivity index (χ2v) is 5.96. The van der Waals surface area contributed by atoms with Crippen molar-refractivity contribution < 1.29 is 13.2 Å². The molecule has 5 heteroatoms. The first-order valence-corrected chi connectivity index (χ1v) is 7.33. The highest BCUT2D eigenvalue weighted by Crippen LogP contribution is 2.22. The van der Waals surface area contributed by atoms with Gasteiger partial charge in [-0.1, -0.05) is 13.8 Å². The van der Waals surface area contributed by atoms with Crippen molar-refractivity contribution in [2.75, 3.05) is 18.9 Å². The van der Waals surface area contributed by atoms with Crippen LogP contribution >= 0.6 is 0 Å². The van der Waals surface area contributed by atoms with Crippen LogP contribution in [-0.2, 0) is 14.8 Å². The van der Waals surface area contributed by atoms with Crippen LogP contribution in [0.3, 0.4) is 0 Å². The number of ether oxygens (including phenoxy) is 1. The van der Waals surface area contributed by atoms with E-state index in [2.05, 4.69) is 11.6 Å². The summed E-state index contributed by atoms with van der Waals surface area (Å²) in [5.41, 5.74) is 0. The van der Waals surface area contributed by atoms with Gasteiger partial charge in [0.15, 0.2) is 0 Å². The van der Waals surface area contributed by atoms with Gasteiger partial charge in [0.25, 0.3) is 0 Å². The van der Waals surface area contributed by atoms with E-state index >= 15 is 0 Å². The van der Waals surface area contributed by atoms with Crippen LogP contribution in [0, 0.1) is 5.92 Å². The molecule has 1 saturated heterocycles. The minimum atomic E-state index is -3.06. The second kappa shape index (κ2) is 5.82. The van der Waals surface area contributed by atoms with Crippen molar-refractivity contribution in [3.8, 4) is 0 Å². The van der Waals surface area contributed by atoms with Crippen LogP contribution in [0.1, 0.15) is 33.1 Å². The van der Waals surface area contributed by atoms with E-state index < -0.39 is 10.0 Å². The minimum Gasteiger partial charge on any atom is -0.378 e. The van der Waals surface area contributed by atoms with Crippen LogP contribution in [0.5, 0.6) is 0 Å². The third-order valence-electron chi connectivity index (χ3n) is 2.79. The zero-order chi connectivity index (χ0) is 11.3. The average molecular weight is 235 g/mol. The van der Waals surface area contributed by atoms with Crippen molar-refractivity contribution in [2.24, 2.45) is 5.92 Å². The Balaban J connectivity index is 2.36. The van der Waals surface area contributed by atoms with E-state index in [0.29, 0.717) is 18.9 Å². The lowest BCUT2D eigenvalue weighted by molar-refractivity contribution is 0.0884. The minimum absolute atomic E-state index is 0.220. The number of hydrogen-bond donors (Lipinski definition) is 1. The molecule has 1 heterocycles. The van der Waals surface area contributed by atoms with Crippen molar-refractivity contribution in [1.82, 2.24) is 4.72 Å². The predicted octanol–water partition coefficient (Wildman–Crippen LogP) is 1.13. The van der Waals surface area contributed by atoms with Gasteiger partial charge in [-0.15, -0.1) is 0 Å². The fourth-order valence-electron chi connectivity index (χ4n) is 1.95. The maximum absolute atomic E-state index is 11.4. The molecule has 1 aliphatic rings. The first-order chi connectivity index (χ1) is 7.09. The number of sulfonamides is 1.